The van der Waals surface area contributed by atoms with Gasteiger partial charge in [0, 0.05) is 4.32 Å². The predicted molar refractivity (Wildman–Crippen MR) is 67.5 cm³/mol. The van der Waals surface area contributed by atoms with E-state index in [0.29, 0.717) is 16.2 Å². The van der Waals surface area contributed by atoms with Gasteiger partial charge in [0.15, 0.2) is 6.10 Å². The van der Waals surface area contributed by atoms with Crippen molar-refractivity contribution in [2.45, 2.75) is 48.1 Å². The fourth-order valence-electron chi connectivity index (χ4n) is 5.40. The van der Waals surface area contributed by atoms with Gasteiger partial charge in [-0.25, -0.2) is 0 Å². The highest BCUT2D eigenvalue weighted by Gasteiger charge is 2.71. The van der Waals surface area contributed by atoms with Crippen LogP contribution in [0.2, 0.25) is 0 Å². The maximum atomic E-state index is 9.41. The number of nitrogens with zero attached hydrogens (tertiary/aromatic N) is 2. The van der Waals surface area contributed by atoms with Crippen LogP contribution in [0.1, 0.15) is 32.1 Å². The molecule has 5 aliphatic rings. The Hall–Kier alpha value is -0.580. The van der Waals surface area contributed by atoms with E-state index >= 15 is 0 Å². The monoisotopic (exact) mass is 306 g/mol. The van der Waals surface area contributed by atoms with Gasteiger partial charge in [-0.1, -0.05) is 15.9 Å². The molecular weight excluding hydrogens is 292 g/mol. The molecule has 0 aromatic rings. The van der Waals surface area contributed by atoms with Crippen molar-refractivity contribution in [1.29, 1.82) is 10.5 Å². The van der Waals surface area contributed by atoms with Crippen molar-refractivity contribution in [2.75, 3.05) is 0 Å². The molecule has 0 amide bonds. The maximum absolute atomic E-state index is 9.41. The molecule has 5 rings (SSSR count). The fourth-order valence-corrected chi connectivity index (χ4v) is 6.64. The molecule has 1 heterocycles. The number of hydrogen-bond donors (Lipinski definition) is 0. The number of ether oxygens (including phenoxy) is 1. The molecule has 4 heteroatoms. The first-order valence-corrected chi connectivity index (χ1v) is 7.56. The van der Waals surface area contributed by atoms with Gasteiger partial charge < -0.3 is 4.74 Å². The SMILES string of the molecule is N#C[C@H]1OC2([C@@H]3CC4C[C@H]2CC(Br)(C4)C3)[C@H]1C#N. The molecule has 5 fully saturated rings. The maximum Gasteiger partial charge on any atom is 0.163 e. The van der Waals surface area contributed by atoms with Gasteiger partial charge in [0.2, 0.25) is 0 Å². The average Bonchev–Trinajstić information content (AvgIpc) is 2.25. The first-order valence-electron chi connectivity index (χ1n) is 6.77. The Balaban J connectivity index is 1.73. The minimum atomic E-state index is -0.487. The molecule has 4 saturated carbocycles. The zero-order valence-electron chi connectivity index (χ0n) is 10.1. The Bertz CT molecular complexity index is 475. The van der Waals surface area contributed by atoms with Crippen molar-refractivity contribution in [2.24, 2.45) is 23.7 Å². The van der Waals surface area contributed by atoms with Gasteiger partial charge in [-0.2, -0.15) is 10.5 Å². The van der Waals surface area contributed by atoms with Gasteiger partial charge in [0.05, 0.1) is 17.7 Å². The molecule has 1 spiro atoms. The highest BCUT2D eigenvalue weighted by molar-refractivity contribution is 9.10. The molecule has 1 saturated heterocycles. The minimum absolute atomic E-state index is 0.200. The normalized spacial score (nSPS) is 60.1. The van der Waals surface area contributed by atoms with Crippen LogP contribution in [0, 0.1) is 46.3 Å². The van der Waals surface area contributed by atoms with Crippen molar-refractivity contribution >= 4 is 15.9 Å². The van der Waals surface area contributed by atoms with E-state index in [9.17, 15) is 5.26 Å². The zero-order chi connectivity index (χ0) is 12.5. The lowest BCUT2D eigenvalue weighted by Gasteiger charge is -2.68. The number of rotatable bonds is 0. The van der Waals surface area contributed by atoms with E-state index in [-0.39, 0.29) is 11.5 Å². The smallest absolute Gasteiger partial charge is 0.163 e. The van der Waals surface area contributed by atoms with Crippen LogP contribution in [0.3, 0.4) is 0 Å². The summed E-state index contributed by atoms with van der Waals surface area (Å²) in [4.78, 5) is 0. The number of hydrogen-bond acceptors (Lipinski definition) is 3. The van der Waals surface area contributed by atoms with Gasteiger partial charge in [-0.3, -0.25) is 0 Å². The Morgan fingerprint density at radius 3 is 2.22 bits per heavy atom. The van der Waals surface area contributed by atoms with Crippen molar-refractivity contribution in [3.63, 3.8) is 0 Å². The van der Waals surface area contributed by atoms with E-state index in [1.807, 2.05) is 0 Å². The van der Waals surface area contributed by atoms with E-state index < -0.39 is 6.10 Å². The average molecular weight is 307 g/mol. The first-order chi connectivity index (χ1) is 8.61. The van der Waals surface area contributed by atoms with E-state index in [1.165, 1.54) is 19.3 Å². The fraction of sp³-hybridized carbons (Fsp3) is 0.857. The minimum Gasteiger partial charge on any atom is -0.353 e. The third-order valence-corrected chi connectivity index (χ3v) is 6.75. The molecule has 3 unspecified atom stereocenters. The summed E-state index contributed by atoms with van der Waals surface area (Å²) in [6.45, 7) is 0. The Kier molecular flexibility index (Phi) is 2.06. The summed E-state index contributed by atoms with van der Waals surface area (Å²) in [5.41, 5.74) is -0.274. The third kappa shape index (κ3) is 1.12. The summed E-state index contributed by atoms with van der Waals surface area (Å²) < 4.78 is 6.30. The van der Waals surface area contributed by atoms with E-state index in [2.05, 4.69) is 28.1 Å². The van der Waals surface area contributed by atoms with Gasteiger partial charge in [-0.15, -0.1) is 0 Å². The summed E-state index contributed by atoms with van der Waals surface area (Å²) in [5, 5.41) is 18.4. The molecule has 94 valence electrons. The van der Waals surface area contributed by atoms with E-state index in [1.54, 1.807) is 0 Å². The van der Waals surface area contributed by atoms with Crippen molar-refractivity contribution in [3.8, 4) is 12.1 Å². The molecule has 1 aliphatic heterocycles. The Labute approximate surface area is 115 Å². The Morgan fingerprint density at radius 2 is 1.72 bits per heavy atom. The van der Waals surface area contributed by atoms with Gasteiger partial charge in [0.1, 0.15) is 5.92 Å². The highest BCUT2D eigenvalue weighted by Crippen LogP contribution is 2.68. The molecule has 3 nitrogen and oxygen atoms in total. The summed E-state index contributed by atoms with van der Waals surface area (Å²) in [6.07, 6.45) is 5.43. The molecule has 0 radical (unpaired) electrons. The van der Waals surface area contributed by atoms with Gasteiger partial charge in [-0.05, 0) is 49.9 Å². The van der Waals surface area contributed by atoms with Crippen LogP contribution < -0.4 is 0 Å². The van der Waals surface area contributed by atoms with Crippen LogP contribution >= 0.6 is 15.9 Å². The second-order valence-electron chi connectivity index (χ2n) is 6.62. The topological polar surface area (TPSA) is 56.8 Å². The highest BCUT2D eigenvalue weighted by atomic mass is 79.9. The molecule has 4 bridgehead atoms. The summed E-state index contributed by atoms with van der Waals surface area (Å²) >= 11 is 3.93. The zero-order valence-corrected chi connectivity index (χ0v) is 11.7. The molecule has 18 heavy (non-hydrogen) atoms. The van der Waals surface area contributed by atoms with Crippen LogP contribution in [0.5, 0.6) is 0 Å². The number of alkyl halides is 1. The predicted octanol–water partition coefficient (Wildman–Crippen LogP) is 2.76. The van der Waals surface area contributed by atoms with Crippen molar-refractivity contribution in [3.05, 3.63) is 0 Å². The van der Waals surface area contributed by atoms with Gasteiger partial charge >= 0.3 is 0 Å². The summed E-state index contributed by atoms with van der Waals surface area (Å²) in [5.74, 6) is 1.57. The standard InChI is InChI=1S/C14H15BrN2O/c15-13-3-8-1-9(4-13)14(10(2-8)5-13)11(6-16)12(7-17)18-14/h8-12H,1-5H2/t8?,9-,10+,11-,12+,13?,14?/m0/s1. The second-order valence-corrected chi connectivity index (χ2v) is 8.30. The van der Waals surface area contributed by atoms with Crippen molar-refractivity contribution < 1.29 is 4.74 Å². The van der Waals surface area contributed by atoms with Crippen LogP contribution in [0.15, 0.2) is 0 Å². The molecule has 0 N–H and O–H groups in total. The summed E-state index contributed by atoms with van der Waals surface area (Å²) in [7, 11) is 0. The van der Waals surface area contributed by atoms with E-state index in [0.717, 1.165) is 18.8 Å². The van der Waals surface area contributed by atoms with Crippen LogP contribution in [0.4, 0.5) is 0 Å². The lowest BCUT2D eigenvalue weighted by atomic mass is 9.45. The third-order valence-electron chi connectivity index (χ3n) is 5.78. The number of halogens is 1. The lowest BCUT2D eigenvalue weighted by Crippen LogP contribution is -2.73. The molecule has 0 aromatic heterocycles. The molecule has 7 atom stereocenters. The van der Waals surface area contributed by atoms with Gasteiger partial charge in [0.25, 0.3) is 0 Å². The molecule has 0 aromatic carbocycles. The largest absolute Gasteiger partial charge is 0.353 e. The summed E-state index contributed by atoms with van der Waals surface area (Å²) in [6, 6.07) is 4.51. The molecular formula is C14H15BrN2O. The first kappa shape index (κ1) is 11.3. The quantitative estimate of drug-likeness (QED) is 0.647. The van der Waals surface area contributed by atoms with Crippen LogP contribution in [0.25, 0.3) is 0 Å². The van der Waals surface area contributed by atoms with E-state index in [4.69, 9.17) is 10.00 Å². The second kappa shape index (κ2) is 3.30. The van der Waals surface area contributed by atoms with Crippen LogP contribution in [-0.2, 0) is 4.74 Å². The van der Waals surface area contributed by atoms with Crippen LogP contribution in [-0.4, -0.2) is 16.0 Å². The Morgan fingerprint density at radius 1 is 1.06 bits per heavy atom. The number of nitriles is 2. The molecule has 4 aliphatic carbocycles. The van der Waals surface area contributed by atoms with Crippen molar-refractivity contribution in [1.82, 2.24) is 0 Å². The lowest BCUT2D eigenvalue weighted by molar-refractivity contribution is -0.312.